The van der Waals surface area contributed by atoms with E-state index in [0.717, 1.165) is 47.4 Å². The van der Waals surface area contributed by atoms with Crippen LogP contribution in [0.1, 0.15) is 48.7 Å². The monoisotopic (exact) mass is 391 g/mol. The Balaban J connectivity index is 1.73. The van der Waals surface area contributed by atoms with Gasteiger partial charge in [0.1, 0.15) is 0 Å². The number of amides is 1. The molecule has 2 N–H and O–H groups in total. The molecule has 1 aliphatic rings. The van der Waals surface area contributed by atoms with Crippen LogP contribution in [0.4, 0.5) is 0 Å². The molecule has 4 rings (SSSR count). The molecule has 6 heteroatoms. The van der Waals surface area contributed by atoms with E-state index in [0.29, 0.717) is 18.0 Å². The molecule has 3 aromatic rings. The zero-order chi connectivity index (χ0) is 20.4. The molecule has 1 fully saturated rings. The number of rotatable bonds is 5. The summed E-state index contributed by atoms with van der Waals surface area (Å²) in [4.78, 5) is 18.0. The van der Waals surface area contributed by atoms with Crippen LogP contribution >= 0.6 is 0 Å². The number of aromatic nitrogens is 3. The highest BCUT2D eigenvalue weighted by Gasteiger charge is 2.20. The van der Waals surface area contributed by atoms with Crippen LogP contribution in [0.3, 0.4) is 0 Å². The highest BCUT2D eigenvalue weighted by atomic mass is 16.1. The summed E-state index contributed by atoms with van der Waals surface area (Å²) in [6.07, 6.45) is 4.08. The van der Waals surface area contributed by atoms with Gasteiger partial charge in [0.15, 0.2) is 5.65 Å². The third-order valence-electron chi connectivity index (χ3n) is 5.67. The number of aryl methyl sites for hydroxylation is 1. The lowest BCUT2D eigenvalue weighted by atomic mass is 9.99. The van der Waals surface area contributed by atoms with Gasteiger partial charge in [-0.3, -0.25) is 4.79 Å². The molecule has 1 unspecified atom stereocenters. The molecule has 0 radical (unpaired) electrons. The summed E-state index contributed by atoms with van der Waals surface area (Å²) in [5.41, 5.74) is 4.38. The Morgan fingerprint density at radius 1 is 1.34 bits per heavy atom. The van der Waals surface area contributed by atoms with Gasteiger partial charge in [-0.15, -0.1) is 0 Å². The fourth-order valence-electron chi connectivity index (χ4n) is 4.01. The van der Waals surface area contributed by atoms with Crippen LogP contribution < -0.4 is 10.6 Å². The summed E-state index contributed by atoms with van der Waals surface area (Å²) in [5, 5.41) is 11.9. The van der Waals surface area contributed by atoms with Gasteiger partial charge in [-0.2, -0.15) is 5.10 Å². The smallest absolute Gasteiger partial charge is 0.252 e. The number of carbonyl (C=O) groups is 1. The third-order valence-corrected chi connectivity index (χ3v) is 5.67. The minimum absolute atomic E-state index is 0.0545. The van der Waals surface area contributed by atoms with Gasteiger partial charge in [0, 0.05) is 18.2 Å². The summed E-state index contributed by atoms with van der Waals surface area (Å²) in [6.45, 7) is 8.94. The van der Waals surface area contributed by atoms with E-state index in [1.807, 2.05) is 22.9 Å². The fraction of sp³-hybridized carbons (Fsp3) is 0.435. The Kier molecular flexibility index (Phi) is 5.62. The molecular weight excluding hydrogens is 362 g/mol. The second kappa shape index (κ2) is 8.33. The third kappa shape index (κ3) is 4.03. The molecule has 1 atom stereocenters. The molecule has 0 spiro atoms. The number of hydrogen-bond donors (Lipinski definition) is 2. The molecule has 1 saturated heterocycles. The second-order valence-electron chi connectivity index (χ2n) is 8.21. The Bertz CT molecular complexity index is 1020. The summed E-state index contributed by atoms with van der Waals surface area (Å²) >= 11 is 0. The van der Waals surface area contributed by atoms with Crippen LogP contribution in [-0.4, -0.2) is 40.3 Å². The molecular formula is C23H29N5O. The lowest BCUT2D eigenvalue weighted by Crippen LogP contribution is -2.38. The first-order valence-electron chi connectivity index (χ1n) is 10.5. The average molecular weight is 392 g/mol. The first-order valence-corrected chi connectivity index (χ1v) is 10.5. The lowest BCUT2D eigenvalue weighted by Gasteiger charge is -2.23. The quantitative estimate of drug-likeness (QED) is 0.695. The second-order valence-corrected chi connectivity index (χ2v) is 8.21. The highest BCUT2D eigenvalue weighted by Crippen LogP contribution is 2.28. The zero-order valence-electron chi connectivity index (χ0n) is 17.4. The van der Waals surface area contributed by atoms with E-state index < -0.39 is 0 Å². The van der Waals surface area contributed by atoms with Gasteiger partial charge >= 0.3 is 0 Å². The van der Waals surface area contributed by atoms with E-state index in [1.54, 1.807) is 6.20 Å². The summed E-state index contributed by atoms with van der Waals surface area (Å²) in [7, 11) is 0. The molecule has 1 aliphatic heterocycles. The molecule has 152 valence electrons. The van der Waals surface area contributed by atoms with E-state index >= 15 is 0 Å². The van der Waals surface area contributed by atoms with Crippen molar-refractivity contribution in [3.8, 4) is 11.3 Å². The van der Waals surface area contributed by atoms with Crippen molar-refractivity contribution in [2.45, 2.75) is 39.7 Å². The van der Waals surface area contributed by atoms with Crippen molar-refractivity contribution < 1.29 is 4.79 Å². The molecule has 2 aromatic heterocycles. The van der Waals surface area contributed by atoms with E-state index in [2.05, 4.69) is 48.6 Å². The number of carbonyl (C=O) groups excluding carboxylic acids is 1. The molecule has 3 heterocycles. The molecule has 29 heavy (non-hydrogen) atoms. The van der Waals surface area contributed by atoms with Gasteiger partial charge in [0.2, 0.25) is 0 Å². The number of hydrogen-bond acceptors (Lipinski definition) is 4. The number of benzene rings is 1. The van der Waals surface area contributed by atoms with Crippen LogP contribution in [-0.2, 0) is 0 Å². The maximum atomic E-state index is 13.2. The van der Waals surface area contributed by atoms with Crippen molar-refractivity contribution in [1.29, 1.82) is 0 Å². The van der Waals surface area contributed by atoms with E-state index in [9.17, 15) is 4.79 Å². The van der Waals surface area contributed by atoms with Crippen LogP contribution in [0.15, 0.2) is 36.5 Å². The lowest BCUT2D eigenvalue weighted by molar-refractivity contribution is 0.0946. The number of nitrogens with zero attached hydrogens (tertiary/aromatic N) is 3. The molecule has 0 saturated carbocycles. The number of nitrogens with one attached hydrogen (secondary N) is 2. The van der Waals surface area contributed by atoms with Gasteiger partial charge in [0.05, 0.1) is 22.8 Å². The van der Waals surface area contributed by atoms with Gasteiger partial charge in [-0.25, -0.2) is 9.67 Å². The van der Waals surface area contributed by atoms with E-state index in [1.165, 1.54) is 6.42 Å². The Morgan fingerprint density at radius 2 is 2.17 bits per heavy atom. The zero-order valence-corrected chi connectivity index (χ0v) is 17.4. The Morgan fingerprint density at radius 3 is 2.90 bits per heavy atom. The maximum absolute atomic E-state index is 13.2. The van der Waals surface area contributed by atoms with Crippen molar-refractivity contribution in [2.75, 3.05) is 19.6 Å². The molecule has 6 nitrogen and oxygen atoms in total. The summed E-state index contributed by atoms with van der Waals surface area (Å²) < 4.78 is 1.89. The standard InChI is InChI=1S/C23H29N5O/c1-15(2)28-22-20(14-26-28)19(23(29)25-13-17-8-6-10-24-12-17)11-21(27-22)18-9-5-4-7-16(18)3/h4-5,7,9,11,14-15,17,24H,6,8,10,12-13H2,1-3H3,(H,25,29). The predicted molar refractivity (Wildman–Crippen MR) is 116 cm³/mol. The largest absolute Gasteiger partial charge is 0.352 e. The van der Waals surface area contributed by atoms with Crippen LogP contribution in [0.25, 0.3) is 22.3 Å². The normalized spacial score (nSPS) is 17.0. The minimum atomic E-state index is -0.0545. The number of fused-ring (bicyclic) bond motifs is 1. The van der Waals surface area contributed by atoms with Crippen molar-refractivity contribution in [3.05, 3.63) is 47.7 Å². The van der Waals surface area contributed by atoms with Gasteiger partial charge in [-0.05, 0) is 64.3 Å². The first-order chi connectivity index (χ1) is 14.0. The van der Waals surface area contributed by atoms with Crippen molar-refractivity contribution >= 4 is 16.9 Å². The number of piperidine rings is 1. The Hall–Kier alpha value is -2.73. The topological polar surface area (TPSA) is 71.8 Å². The summed E-state index contributed by atoms with van der Waals surface area (Å²) in [5.74, 6) is 0.431. The van der Waals surface area contributed by atoms with Gasteiger partial charge in [0.25, 0.3) is 5.91 Å². The molecule has 0 aliphatic carbocycles. The molecule has 1 amide bonds. The molecule has 1 aromatic carbocycles. The predicted octanol–water partition coefficient (Wildman–Crippen LogP) is 3.72. The van der Waals surface area contributed by atoms with Crippen molar-refractivity contribution in [1.82, 2.24) is 25.4 Å². The minimum Gasteiger partial charge on any atom is -0.352 e. The number of pyridine rings is 1. The van der Waals surface area contributed by atoms with E-state index in [-0.39, 0.29) is 11.9 Å². The molecule has 0 bridgehead atoms. The van der Waals surface area contributed by atoms with E-state index in [4.69, 9.17) is 4.98 Å². The van der Waals surface area contributed by atoms with Crippen molar-refractivity contribution in [2.24, 2.45) is 5.92 Å². The average Bonchev–Trinajstić information content (AvgIpc) is 3.17. The SMILES string of the molecule is Cc1ccccc1-c1cc(C(=O)NCC2CCCNC2)c2cnn(C(C)C)c2n1. The van der Waals surface area contributed by atoms with Crippen LogP contribution in [0.5, 0.6) is 0 Å². The van der Waals surface area contributed by atoms with Crippen LogP contribution in [0, 0.1) is 12.8 Å². The van der Waals surface area contributed by atoms with Crippen molar-refractivity contribution in [3.63, 3.8) is 0 Å². The fourth-order valence-corrected chi connectivity index (χ4v) is 4.01. The van der Waals surface area contributed by atoms with Crippen LogP contribution in [0.2, 0.25) is 0 Å². The van der Waals surface area contributed by atoms with Gasteiger partial charge < -0.3 is 10.6 Å². The first kappa shape index (κ1) is 19.6. The maximum Gasteiger partial charge on any atom is 0.252 e. The van der Waals surface area contributed by atoms with Gasteiger partial charge in [-0.1, -0.05) is 24.3 Å². The summed E-state index contributed by atoms with van der Waals surface area (Å²) in [6, 6.07) is 10.2. The Labute approximate surface area is 171 Å². The highest BCUT2D eigenvalue weighted by molar-refractivity contribution is 6.06.